The Labute approximate surface area is 115 Å². The van der Waals surface area contributed by atoms with Crippen LogP contribution in [0.2, 0.25) is 0 Å². The number of rotatable bonds is 1. The van der Waals surface area contributed by atoms with Crippen LogP contribution in [0.1, 0.15) is 5.56 Å². The van der Waals surface area contributed by atoms with Crippen LogP contribution in [0.5, 0.6) is 0 Å². The molecule has 2 nitrogen and oxygen atoms in total. The zero-order valence-electron chi connectivity index (χ0n) is 9.85. The number of aromatic nitrogens is 1. The van der Waals surface area contributed by atoms with Crippen molar-refractivity contribution in [2.75, 3.05) is 5.73 Å². The number of benzene rings is 2. The second-order valence-corrected chi connectivity index (χ2v) is 6.24. The van der Waals surface area contributed by atoms with Crippen molar-refractivity contribution in [3.63, 3.8) is 0 Å². The van der Waals surface area contributed by atoms with Crippen molar-refractivity contribution in [2.24, 2.45) is 0 Å². The first-order chi connectivity index (χ1) is 9.17. The molecule has 3 aromatic rings. The molecule has 0 spiro atoms. The molecule has 0 aliphatic heterocycles. The third-order valence-electron chi connectivity index (χ3n) is 2.81. The van der Waals surface area contributed by atoms with Gasteiger partial charge in [-0.25, -0.2) is 0 Å². The Balaban J connectivity index is 2.16. The van der Waals surface area contributed by atoms with E-state index in [2.05, 4.69) is 10.9 Å². The van der Waals surface area contributed by atoms with Gasteiger partial charge in [-0.15, -0.1) is 0 Å². The molecule has 0 amide bonds. The van der Waals surface area contributed by atoms with E-state index in [0.717, 1.165) is 14.4 Å². The molecule has 0 radical (unpaired) electrons. The topological polar surface area (TPSA) is 38.9 Å². The molecule has 0 unspecified atom stereocenters. The van der Waals surface area contributed by atoms with Gasteiger partial charge in [0.1, 0.15) is 0 Å². The van der Waals surface area contributed by atoms with Crippen LogP contribution in [0, 0.1) is 18.2 Å². The summed E-state index contributed by atoms with van der Waals surface area (Å²) in [5, 5.41) is 0. The first-order valence-electron chi connectivity index (χ1n) is 5.60. The molecule has 92 valence electrons. The molecule has 0 fully saturated rings. The van der Waals surface area contributed by atoms with Crippen molar-refractivity contribution >= 4 is 30.0 Å². The number of nitrogen functional groups attached to an aromatic ring is 1. The number of halogens is 1. The number of fused-ring (bicyclic) bond motifs is 1. The standard InChI is InChI=1S/C15H9FN2Se/c1-2-9-7-10(3-5-12(9)17)15-18-13-8-11(16)4-6-14(13)19-15/h1,3-8H,17H2. The van der Waals surface area contributed by atoms with Crippen molar-refractivity contribution in [1.82, 2.24) is 4.98 Å². The quantitative estimate of drug-likeness (QED) is 0.426. The number of hydrogen-bond donors (Lipinski definition) is 1. The van der Waals surface area contributed by atoms with Crippen molar-refractivity contribution in [3.8, 4) is 22.5 Å². The predicted molar refractivity (Wildman–Crippen MR) is 76.4 cm³/mol. The molecule has 4 heteroatoms. The van der Waals surface area contributed by atoms with Gasteiger partial charge in [0.2, 0.25) is 0 Å². The van der Waals surface area contributed by atoms with Gasteiger partial charge in [-0.3, -0.25) is 0 Å². The van der Waals surface area contributed by atoms with Gasteiger partial charge in [0.25, 0.3) is 0 Å². The fraction of sp³-hybridized carbons (Fsp3) is 0. The monoisotopic (exact) mass is 316 g/mol. The van der Waals surface area contributed by atoms with E-state index < -0.39 is 0 Å². The molecular weight excluding hydrogens is 306 g/mol. The van der Waals surface area contributed by atoms with Crippen LogP contribution in [0.3, 0.4) is 0 Å². The Morgan fingerprint density at radius 3 is 2.84 bits per heavy atom. The molecule has 0 atom stereocenters. The van der Waals surface area contributed by atoms with Crippen LogP contribution in [0.4, 0.5) is 10.1 Å². The van der Waals surface area contributed by atoms with E-state index in [-0.39, 0.29) is 20.3 Å². The van der Waals surface area contributed by atoms with Crippen molar-refractivity contribution in [1.29, 1.82) is 0 Å². The number of nitrogens with two attached hydrogens (primary N) is 1. The molecule has 0 bridgehead atoms. The summed E-state index contributed by atoms with van der Waals surface area (Å²) < 4.78 is 15.2. The van der Waals surface area contributed by atoms with Crippen LogP contribution >= 0.6 is 0 Å². The van der Waals surface area contributed by atoms with E-state index in [1.54, 1.807) is 12.1 Å². The summed E-state index contributed by atoms with van der Waals surface area (Å²) in [7, 11) is 0. The van der Waals surface area contributed by atoms with Gasteiger partial charge < -0.3 is 0 Å². The minimum absolute atomic E-state index is 0.0744. The summed E-state index contributed by atoms with van der Waals surface area (Å²) in [6.45, 7) is 0. The molecule has 0 saturated carbocycles. The second kappa shape index (κ2) is 4.55. The van der Waals surface area contributed by atoms with Gasteiger partial charge in [0, 0.05) is 0 Å². The Morgan fingerprint density at radius 2 is 2.05 bits per heavy atom. The van der Waals surface area contributed by atoms with Gasteiger partial charge >= 0.3 is 115 Å². The second-order valence-electron chi connectivity index (χ2n) is 4.08. The molecule has 1 heterocycles. The number of hydrogen-bond acceptors (Lipinski definition) is 2. The van der Waals surface area contributed by atoms with E-state index in [4.69, 9.17) is 12.2 Å². The summed E-state index contributed by atoms with van der Waals surface area (Å²) in [6.07, 6.45) is 5.41. The molecule has 2 aromatic carbocycles. The van der Waals surface area contributed by atoms with Crippen LogP contribution in [-0.4, -0.2) is 19.5 Å². The Kier molecular flexibility index (Phi) is 2.87. The maximum atomic E-state index is 13.2. The average Bonchev–Trinajstić information content (AvgIpc) is 2.82. The molecule has 0 saturated heterocycles. The molecular formula is C15H9FN2Se. The van der Waals surface area contributed by atoms with Gasteiger partial charge in [-0.1, -0.05) is 0 Å². The number of nitrogens with zero attached hydrogens (tertiary/aromatic N) is 1. The van der Waals surface area contributed by atoms with Gasteiger partial charge in [0.05, 0.1) is 0 Å². The van der Waals surface area contributed by atoms with E-state index in [9.17, 15) is 4.39 Å². The van der Waals surface area contributed by atoms with E-state index in [0.29, 0.717) is 16.8 Å². The van der Waals surface area contributed by atoms with Crippen LogP contribution in [0.15, 0.2) is 36.4 Å². The molecule has 3 rings (SSSR count). The summed E-state index contributed by atoms with van der Waals surface area (Å²) in [5.41, 5.74) is 8.70. The van der Waals surface area contributed by atoms with Crippen molar-refractivity contribution < 1.29 is 4.39 Å². The van der Waals surface area contributed by atoms with E-state index in [1.807, 2.05) is 12.1 Å². The third kappa shape index (κ3) is 2.15. The van der Waals surface area contributed by atoms with Crippen molar-refractivity contribution in [2.45, 2.75) is 0 Å². The van der Waals surface area contributed by atoms with Gasteiger partial charge in [-0.2, -0.15) is 0 Å². The summed E-state index contributed by atoms with van der Waals surface area (Å²) in [4.78, 5) is 4.48. The van der Waals surface area contributed by atoms with Crippen LogP contribution in [-0.2, 0) is 0 Å². The first kappa shape index (κ1) is 12.0. The Hall–Kier alpha value is -2.08. The van der Waals surface area contributed by atoms with Crippen LogP contribution < -0.4 is 5.73 Å². The maximum absolute atomic E-state index is 13.2. The summed E-state index contributed by atoms with van der Waals surface area (Å²) in [5.74, 6) is 2.29. The Morgan fingerprint density at radius 1 is 1.21 bits per heavy atom. The summed E-state index contributed by atoms with van der Waals surface area (Å²) >= 11 is 0.0744. The summed E-state index contributed by atoms with van der Waals surface area (Å²) in [6, 6.07) is 10.3. The molecule has 2 N–H and O–H groups in total. The van der Waals surface area contributed by atoms with Gasteiger partial charge in [0.15, 0.2) is 0 Å². The number of terminal acetylenes is 1. The predicted octanol–water partition coefficient (Wildman–Crippen LogP) is 2.66. The molecule has 0 aliphatic carbocycles. The van der Waals surface area contributed by atoms with Crippen molar-refractivity contribution in [3.05, 3.63) is 47.8 Å². The van der Waals surface area contributed by atoms with Crippen LogP contribution in [0.25, 0.3) is 19.9 Å². The number of anilines is 1. The molecule has 0 aliphatic rings. The fourth-order valence-corrected chi connectivity index (χ4v) is 3.82. The zero-order valence-corrected chi connectivity index (χ0v) is 11.6. The van der Waals surface area contributed by atoms with E-state index >= 15 is 0 Å². The molecule has 19 heavy (non-hydrogen) atoms. The average molecular weight is 315 g/mol. The third-order valence-corrected chi connectivity index (χ3v) is 5.08. The van der Waals surface area contributed by atoms with E-state index in [1.165, 1.54) is 12.1 Å². The fourth-order valence-electron chi connectivity index (χ4n) is 1.84. The Bertz CT molecular complexity index is 815. The minimum atomic E-state index is -0.263. The SMILES string of the molecule is C#Cc1cc(-c2nc3cc(F)ccc3[se]2)ccc1N. The zero-order chi connectivity index (χ0) is 13.4. The van der Waals surface area contributed by atoms with Gasteiger partial charge in [-0.05, 0) is 0 Å². The normalized spacial score (nSPS) is 10.5. The first-order valence-corrected chi connectivity index (χ1v) is 7.31. The molecule has 1 aromatic heterocycles.